The fourth-order valence-electron chi connectivity index (χ4n) is 2.37. The second kappa shape index (κ2) is 5.80. The van der Waals surface area contributed by atoms with E-state index in [0.717, 1.165) is 12.1 Å². The lowest BCUT2D eigenvalue weighted by Crippen LogP contribution is -2.12. The first-order valence-electron chi connectivity index (χ1n) is 6.85. The lowest BCUT2D eigenvalue weighted by Gasteiger charge is -2.10. The van der Waals surface area contributed by atoms with E-state index in [4.69, 9.17) is 5.73 Å². The molecule has 1 amide bonds. The lowest BCUT2D eigenvalue weighted by atomic mass is 9.96. The summed E-state index contributed by atoms with van der Waals surface area (Å²) in [6, 6.07) is 11.6. The smallest absolute Gasteiger partial charge is 0.364 e. The summed E-state index contributed by atoms with van der Waals surface area (Å²) >= 11 is 0. The standard InChI is InChI=1S/C16H11F3N4O/c17-16(18,19)10-7-5-9(6-8-10)11-3-1-2-4-12(11)13-14(15(20)24)22-23-21-13/h1-8H,(H2,20,24)(H,21,22,23). The molecule has 3 N–H and O–H groups in total. The maximum absolute atomic E-state index is 12.7. The first kappa shape index (κ1) is 15.7. The van der Waals surface area contributed by atoms with Crippen LogP contribution in [0, 0.1) is 0 Å². The summed E-state index contributed by atoms with van der Waals surface area (Å²) < 4.78 is 38.1. The molecule has 3 aromatic rings. The van der Waals surface area contributed by atoms with Gasteiger partial charge in [0, 0.05) is 5.56 Å². The predicted molar refractivity (Wildman–Crippen MR) is 80.8 cm³/mol. The Morgan fingerprint density at radius 1 is 0.958 bits per heavy atom. The van der Waals surface area contributed by atoms with Crippen LogP contribution in [0.4, 0.5) is 13.2 Å². The first-order valence-corrected chi connectivity index (χ1v) is 6.85. The van der Waals surface area contributed by atoms with Gasteiger partial charge in [0.1, 0.15) is 5.69 Å². The number of primary amides is 1. The molecule has 0 unspecified atom stereocenters. The number of nitrogens with one attached hydrogen (secondary N) is 1. The van der Waals surface area contributed by atoms with E-state index in [-0.39, 0.29) is 11.4 Å². The molecule has 0 bridgehead atoms. The minimum absolute atomic E-state index is 0.0330. The molecule has 0 spiro atoms. The van der Waals surface area contributed by atoms with Gasteiger partial charge in [-0.1, -0.05) is 36.4 Å². The summed E-state index contributed by atoms with van der Waals surface area (Å²) in [5.41, 5.74) is 6.46. The molecule has 0 saturated carbocycles. The molecule has 0 atom stereocenters. The van der Waals surface area contributed by atoms with Crippen molar-refractivity contribution < 1.29 is 18.0 Å². The number of hydrogen-bond acceptors (Lipinski definition) is 3. The Morgan fingerprint density at radius 2 is 1.58 bits per heavy atom. The van der Waals surface area contributed by atoms with Crippen LogP contribution in [0.25, 0.3) is 22.4 Å². The van der Waals surface area contributed by atoms with Crippen molar-refractivity contribution in [3.63, 3.8) is 0 Å². The van der Waals surface area contributed by atoms with Crippen molar-refractivity contribution in [1.29, 1.82) is 0 Å². The predicted octanol–water partition coefficient (Wildman–Crippen LogP) is 3.26. The van der Waals surface area contributed by atoms with Crippen molar-refractivity contribution in [2.45, 2.75) is 6.18 Å². The van der Waals surface area contributed by atoms with Gasteiger partial charge in [0.15, 0.2) is 5.69 Å². The van der Waals surface area contributed by atoms with Crippen molar-refractivity contribution in [2.24, 2.45) is 5.73 Å². The average molecular weight is 332 g/mol. The Hall–Kier alpha value is -3.16. The zero-order valence-electron chi connectivity index (χ0n) is 12.1. The number of rotatable bonds is 3. The number of hydrogen-bond donors (Lipinski definition) is 2. The monoisotopic (exact) mass is 332 g/mol. The van der Waals surface area contributed by atoms with E-state index in [9.17, 15) is 18.0 Å². The van der Waals surface area contributed by atoms with Gasteiger partial charge in [-0.05, 0) is 23.3 Å². The van der Waals surface area contributed by atoms with E-state index in [2.05, 4.69) is 15.4 Å². The second-order valence-electron chi connectivity index (χ2n) is 5.01. The van der Waals surface area contributed by atoms with Crippen LogP contribution in [0.3, 0.4) is 0 Å². The highest BCUT2D eigenvalue weighted by molar-refractivity contribution is 5.98. The van der Waals surface area contributed by atoms with Crippen molar-refractivity contribution in [1.82, 2.24) is 15.4 Å². The van der Waals surface area contributed by atoms with Gasteiger partial charge >= 0.3 is 6.18 Å². The molecule has 0 fully saturated rings. The number of nitrogens with zero attached hydrogens (tertiary/aromatic N) is 2. The van der Waals surface area contributed by atoms with E-state index in [1.54, 1.807) is 24.3 Å². The Morgan fingerprint density at radius 3 is 2.17 bits per heavy atom. The molecule has 0 aliphatic rings. The Balaban J connectivity index is 2.10. The number of halogens is 3. The van der Waals surface area contributed by atoms with Crippen LogP contribution in [-0.4, -0.2) is 21.3 Å². The normalized spacial score (nSPS) is 11.5. The third-order valence-electron chi connectivity index (χ3n) is 3.49. The molecular formula is C16H11F3N4O. The number of alkyl halides is 3. The molecular weight excluding hydrogens is 321 g/mol. The average Bonchev–Trinajstić information content (AvgIpc) is 3.04. The summed E-state index contributed by atoms with van der Waals surface area (Å²) in [5, 5.41) is 9.98. The lowest BCUT2D eigenvalue weighted by molar-refractivity contribution is -0.137. The second-order valence-corrected chi connectivity index (χ2v) is 5.01. The summed E-state index contributed by atoms with van der Waals surface area (Å²) in [4.78, 5) is 11.4. The zero-order chi connectivity index (χ0) is 17.3. The molecule has 0 saturated heterocycles. The summed E-state index contributed by atoms with van der Waals surface area (Å²) in [6.07, 6.45) is -4.40. The number of carbonyl (C=O) groups is 1. The van der Waals surface area contributed by atoms with E-state index >= 15 is 0 Å². The number of nitrogens with two attached hydrogens (primary N) is 1. The van der Waals surface area contributed by atoms with Gasteiger partial charge in [-0.3, -0.25) is 4.79 Å². The van der Waals surface area contributed by atoms with Gasteiger partial charge in [0.25, 0.3) is 5.91 Å². The molecule has 0 aliphatic carbocycles. The molecule has 3 rings (SSSR count). The third kappa shape index (κ3) is 2.85. The number of H-pyrrole nitrogens is 1. The van der Waals surface area contributed by atoms with E-state index in [1.165, 1.54) is 12.1 Å². The van der Waals surface area contributed by atoms with Gasteiger partial charge < -0.3 is 5.73 Å². The number of amides is 1. The molecule has 2 aromatic carbocycles. The minimum Gasteiger partial charge on any atom is -0.364 e. The summed E-state index contributed by atoms with van der Waals surface area (Å²) in [6.45, 7) is 0. The Labute approximate surface area is 134 Å². The summed E-state index contributed by atoms with van der Waals surface area (Å²) in [5.74, 6) is -0.749. The molecule has 0 aliphatic heterocycles. The van der Waals surface area contributed by atoms with E-state index < -0.39 is 17.6 Å². The number of benzene rings is 2. The van der Waals surface area contributed by atoms with Crippen molar-refractivity contribution in [3.8, 4) is 22.4 Å². The molecule has 1 aromatic heterocycles. The van der Waals surface area contributed by atoms with Gasteiger partial charge in [-0.25, -0.2) is 0 Å². The Kier molecular flexibility index (Phi) is 3.80. The highest BCUT2D eigenvalue weighted by Crippen LogP contribution is 2.34. The van der Waals surface area contributed by atoms with E-state index in [1.807, 2.05) is 0 Å². The fraction of sp³-hybridized carbons (Fsp3) is 0.0625. The maximum Gasteiger partial charge on any atom is 0.416 e. The third-order valence-corrected chi connectivity index (χ3v) is 3.49. The number of carbonyl (C=O) groups excluding carboxylic acids is 1. The van der Waals surface area contributed by atoms with Crippen LogP contribution < -0.4 is 5.73 Å². The highest BCUT2D eigenvalue weighted by Gasteiger charge is 2.30. The maximum atomic E-state index is 12.7. The first-order chi connectivity index (χ1) is 11.4. The molecule has 122 valence electrons. The van der Waals surface area contributed by atoms with Crippen LogP contribution in [0.15, 0.2) is 48.5 Å². The van der Waals surface area contributed by atoms with Crippen molar-refractivity contribution in [3.05, 3.63) is 59.8 Å². The van der Waals surface area contributed by atoms with Crippen LogP contribution in [0.5, 0.6) is 0 Å². The van der Waals surface area contributed by atoms with Gasteiger partial charge in [-0.15, -0.1) is 0 Å². The molecule has 24 heavy (non-hydrogen) atoms. The van der Waals surface area contributed by atoms with E-state index in [0.29, 0.717) is 16.7 Å². The van der Waals surface area contributed by atoms with Crippen LogP contribution in [-0.2, 0) is 6.18 Å². The van der Waals surface area contributed by atoms with Gasteiger partial charge in [0.2, 0.25) is 0 Å². The van der Waals surface area contributed by atoms with Crippen LogP contribution in [0.1, 0.15) is 16.1 Å². The Bertz CT molecular complexity index is 885. The zero-order valence-corrected chi connectivity index (χ0v) is 12.1. The topological polar surface area (TPSA) is 84.7 Å². The van der Waals surface area contributed by atoms with Crippen molar-refractivity contribution in [2.75, 3.05) is 0 Å². The van der Waals surface area contributed by atoms with Gasteiger partial charge in [-0.2, -0.15) is 28.6 Å². The fourth-order valence-corrected chi connectivity index (χ4v) is 2.37. The van der Waals surface area contributed by atoms with Crippen molar-refractivity contribution >= 4 is 5.91 Å². The van der Waals surface area contributed by atoms with Crippen LogP contribution in [0.2, 0.25) is 0 Å². The SMILES string of the molecule is NC(=O)c1n[nH]nc1-c1ccccc1-c1ccc(C(F)(F)F)cc1. The molecule has 8 heteroatoms. The summed E-state index contributed by atoms with van der Waals surface area (Å²) in [7, 11) is 0. The molecule has 5 nitrogen and oxygen atoms in total. The highest BCUT2D eigenvalue weighted by atomic mass is 19.4. The number of aromatic amines is 1. The molecule has 1 heterocycles. The number of aromatic nitrogens is 3. The quantitative estimate of drug-likeness (QED) is 0.772. The van der Waals surface area contributed by atoms with Crippen LogP contribution >= 0.6 is 0 Å². The molecule has 0 radical (unpaired) electrons. The largest absolute Gasteiger partial charge is 0.416 e. The minimum atomic E-state index is -4.40. The van der Waals surface area contributed by atoms with Gasteiger partial charge in [0.05, 0.1) is 5.56 Å².